The zero-order valence-electron chi connectivity index (χ0n) is 42.4. The van der Waals surface area contributed by atoms with E-state index < -0.39 is 54.1 Å². The molecule has 0 radical (unpaired) electrons. The summed E-state index contributed by atoms with van der Waals surface area (Å²) < 4.78 is 64.0. The fraction of sp³-hybridized carbons (Fsp3) is 0.431. The third-order valence-electron chi connectivity index (χ3n) is 15.0. The SMILES string of the molecule is CN(CCCC(=O)NCC#Cc1cn([C@H]2C[C@H](O)[C@@H](COP(=O)(O)OP(=O)(O)OP(=O)(O)O)O2)c2nc(N)[nH]c(=O)c12)C(=O)c1ccccc1C1=c2cc3c4c(c2Oc2c1cc1c5c2CCCN5CCC1)CCC[N+]=4CCC3. The Bertz CT molecular complexity index is 3730. The number of hydrogen-bond donors (Lipinski definition) is 8. The Morgan fingerprint density at radius 1 is 0.962 bits per heavy atom. The van der Waals surface area contributed by atoms with Gasteiger partial charge in [0.1, 0.15) is 36.9 Å². The van der Waals surface area contributed by atoms with Crippen LogP contribution in [-0.2, 0) is 62.1 Å². The van der Waals surface area contributed by atoms with Gasteiger partial charge in [-0.2, -0.15) is 13.6 Å². The number of anilines is 2. The van der Waals surface area contributed by atoms with E-state index in [0.29, 0.717) is 12.0 Å². The number of nitrogen functional groups attached to an aromatic ring is 1. The van der Waals surface area contributed by atoms with E-state index in [4.69, 9.17) is 25.0 Å². The molecule has 1 fully saturated rings. The minimum absolute atomic E-state index is 0.00308. The van der Waals surface area contributed by atoms with Gasteiger partial charge in [0, 0.05) is 97.3 Å². The number of phosphoric ester groups is 1. The number of H-pyrrole nitrogens is 1. The number of carbonyl (C=O) groups is 2. The second-order valence-electron chi connectivity index (χ2n) is 20.2. The lowest BCUT2D eigenvalue weighted by atomic mass is 9.81. The number of aliphatic hydroxyl groups is 1. The van der Waals surface area contributed by atoms with Crippen LogP contribution in [0.15, 0.2) is 47.4 Å². The number of nitrogens with one attached hydrogen (secondary N) is 2. The summed E-state index contributed by atoms with van der Waals surface area (Å²) in [6, 6.07) is 12.5. The van der Waals surface area contributed by atoms with Gasteiger partial charge in [0.25, 0.3) is 11.5 Å². The van der Waals surface area contributed by atoms with Gasteiger partial charge in [0.2, 0.25) is 17.2 Å². The molecular weight excluding hydrogens is 1070 g/mol. The monoisotopic (exact) mass is 1130 g/mol. The molecule has 0 saturated carbocycles. The van der Waals surface area contributed by atoms with E-state index in [0.717, 1.165) is 111 Å². The number of amides is 2. The second kappa shape index (κ2) is 21.2. The Balaban J connectivity index is 0.769. The van der Waals surface area contributed by atoms with Crippen molar-refractivity contribution in [1.29, 1.82) is 0 Å². The number of rotatable bonds is 15. The zero-order valence-corrected chi connectivity index (χ0v) is 45.1. The largest absolute Gasteiger partial charge is 0.490 e. The molecule has 1 saturated heterocycles. The number of nitrogens with zero attached hydrogens (tertiary/aromatic N) is 5. The van der Waals surface area contributed by atoms with Crippen LogP contribution in [0.5, 0.6) is 11.5 Å². The van der Waals surface area contributed by atoms with E-state index in [1.165, 1.54) is 44.1 Å². The van der Waals surface area contributed by atoms with Crippen LogP contribution in [0.25, 0.3) is 16.6 Å². The Morgan fingerprint density at radius 3 is 2.50 bits per heavy atom. The number of aromatic nitrogens is 3. The normalized spacial score (nSPS) is 20.7. The summed E-state index contributed by atoms with van der Waals surface area (Å²) in [5, 5.41) is 15.9. The van der Waals surface area contributed by atoms with Gasteiger partial charge in [-0.15, -0.1) is 0 Å². The van der Waals surface area contributed by atoms with Crippen LogP contribution < -0.4 is 41.4 Å². The van der Waals surface area contributed by atoms with Crippen LogP contribution in [0, 0.1) is 11.8 Å². The van der Waals surface area contributed by atoms with E-state index in [-0.39, 0.29) is 60.3 Å². The summed E-state index contributed by atoms with van der Waals surface area (Å²) in [5.74, 6) is 6.77. The molecule has 5 aromatic rings. The second-order valence-corrected chi connectivity index (χ2v) is 24.6. The number of ether oxygens (including phenoxy) is 2. The standard InChI is InChI=1S/C51H57N8O16P3/c1-56(19-9-17-40(61)53-18-4-10-31-27-59(48-42(31)49(62)55-51(52)54-48)41-26-38(60)39(72-41)28-71-77(67,68)75-78(69,70)74-76(64,65)66)50(63)33-14-3-2-13-32(33)43-36-24-29-11-5-20-57-22-7-15-34(44(29)57)46(36)73-47-35-16-8-23-58-21-6-12-30(45(35)58)25-37(43)47/h2-3,13-14,24-25,27,38-39,41,60H,5-9,11-12,15-23,26,28H2,1H3,(H7-,52,53,54,55,61,62,64,65,66,67,68,69,70)/p+1/t38-,39+,41+/m0/s1. The molecule has 9 N–H and O–H groups in total. The van der Waals surface area contributed by atoms with Crippen molar-refractivity contribution in [2.75, 3.05) is 63.6 Å². The predicted molar refractivity (Wildman–Crippen MR) is 282 cm³/mol. The molecule has 78 heavy (non-hydrogen) atoms. The highest BCUT2D eigenvalue weighted by Gasteiger charge is 2.44. The third-order valence-corrected chi connectivity index (χ3v) is 18.8. The number of aryl methyl sites for hydroxylation is 2. The lowest BCUT2D eigenvalue weighted by Gasteiger charge is -2.39. The Kier molecular flexibility index (Phi) is 14.7. The molecule has 3 aromatic carbocycles. The highest BCUT2D eigenvalue weighted by molar-refractivity contribution is 7.66. The molecule has 6 aliphatic rings. The molecule has 8 heterocycles. The smallest absolute Gasteiger partial charge is 0.455 e. The van der Waals surface area contributed by atoms with Gasteiger partial charge in [0.15, 0.2) is 5.65 Å². The molecule has 0 aliphatic carbocycles. The van der Waals surface area contributed by atoms with Gasteiger partial charge in [-0.1, -0.05) is 30.0 Å². The summed E-state index contributed by atoms with van der Waals surface area (Å²) in [4.78, 5) is 88.7. The number of carbonyl (C=O) groups excluding carboxylic acids is 2. The molecule has 27 heteroatoms. The van der Waals surface area contributed by atoms with Crippen molar-refractivity contribution in [2.45, 2.75) is 89.1 Å². The molecule has 412 valence electrons. The first-order chi connectivity index (χ1) is 37.2. The maximum absolute atomic E-state index is 14.7. The lowest BCUT2D eigenvalue weighted by Crippen LogP contribution is -2.45. The number of phosphoric acid groups is 3. The maximum atomic E-state index is 14.7. The van der Waals surface area contributed by atoms with E-state index in [2.05, 4.69) is 67.9 Å². The van der Waals surface area contributed by atoms with Crippen molar-refractivity contribution >= 4 is 63.5 Å². The summed E-state index contributed by atoms with van der Waals surface area (Å²) in [6.07, 6.45) is 5.87. The Labute approximate surface area is 445 Å². The summed E-state index contributed by atoms with van der Waals surface area (Å²) in [6.45, 7) is 3.39. The molecule has 24 nitrogen and oxygen atoms in total. The highest BCUT2D eigenvalue weighted by Crippen LogP contribution is 2.66. The molecule has 6 aliphatic heterocycles. The molecule has 5 atom stereocenters. The van der Waals surface area contributed by atoms with Crippen molar-refractivity contribution in [2.24, 2.45) is 0 Å². The van der Waals surface area contributed by atoms with Crippen LogP contribution in [0.2, 0.25) is 0 Å². The number of fused-ring (bicyclic) bond motifs is 5. The average molecular weight is 1130 g/mol. The molecule has 2 amide bonds. The minimum Gasteiger partial charge on any atom is -0.455 e. The summed E-state index contributed by atoms with van der Waals surface area (Å²) in [7, 11) is -15.2. The average Bonchev–Trinajstić information content (AvgIpc) is 3.97. The first-order valence-corrected chi connectivity index (χ1v) is 30.3. The van der Waals surface area contributed by atoms with Crippen LogP contribution in [0.3, 0.4) is 0 Å². The first-order valence-electron chi connectivity index (χ1n) is 25.8. The Hall–Kier alpha value is -6.02. The maximum Gasteiger partial charge on any atom is 0.490 e. The molecule has 11 rings (SSSR count). The summed E-state index contributed by atoms with van der Waals surface area (Å²) >= 11 is 0. The number of benzene rings is 3. The van der Waals surface area contributed by atoms with Gasteiger partial charge in [0.05, 0.1) is 35.8 Å². The van der Waals surface area contributed by atoms with Crippen molar-refractivity contribution in [1.82, 2.24) is 29.3 Å². The first kappa shape index (κ1) is 54.0. The van der Waals surface area contributed by atoms with Gasteiger partial charge in [-0.05, 0) is 74.3 Å². The van der Waals surface area contributed by atoms with E-state index in [9.17, 15) is 43.0 Å². The predicted octanol–water partition coefficient (Wildman–Crippen LogP) is 2.75. The number of hydrogen-bond acceptors (Lipinski definition) is 15. The quantitative estimate of drug-likeness (QED) is 0.0416. The summed E-state index contributed by atoms with van der Waals surface area (Å²) in [5.41, 5.74) is 15.3. The van der Waals surface area contributed by atoms with Crippen molar-refractivity contribution in [3.8, 4) is 23.3 Å². The third kappa shape index (κ3) is 10.8. The highest BCUT2D eigenvalue weighted by atomic mass is 31.3. The van der Waals surface area contributed by atoms with Crippen LogP contribution in [-0.4, -0.2) is 121 Å². The minimum atomic E-state index is -5.79. The topological polar surface area (TPSA) is 331 Å². The molecule has 0 spiro atoms. The Morgan fingerprint density at radius 2 is 1.71 bits per heavy atom. The van der Waals surface area contributed by atoms with E-state index in [1.807, 2.05) is 18.2 Å². The molecule has 2 unspecified atom stereocenters. The molecular formula is C51H58N8O16P3+. The van der Waals surface area contributed by atoms with Crippen LogP contribution in [0.1, 0.15) is 100 Å². The number of aromatic amines is 1. The fourth-order valence-corrected chi connectivity index (χ4v) is 14.9. The molecule has 0 bridgehead atoms. The number of aliphatic hydroxyl groups excluding tert-OH is 1. The zero-order chi connectivity index (χ0) is 54.8. The van der Waals surface area contributed by atoms with Gasteiger partial charge < -0.3 is 59.6 Å². The molecule has 2 aromatic heterocycles. The van der Waals surface area contributed by atoms with E-state index >= 15 is 0 Å². The van der Waals surface area contributed by atoms with E-state index in [1.54, 1.807) is 11.9 Å². The van der Waals surface area contributed by atoms with Crippen molar-refractivity contribution in [3.05, 3.63) is 108 Å². The van der Waals surface area contributed by atoms with Gasteiger partial charge in [-0.25, -0.2) is 18.3 Å². The van der Waals surface area contributed by atoms with Gasteiger partial charge >= 0.3 is 23.5 Å². The van der Waals surface area contributed by atoms with Crippen LogP contribution in [0.4, 0.5) is 11.6 Å². The lowest BCUT2D eigenvalue weighted by molar-refractivity contribution is -0.121. The van der Waals surface area contributed by atoms with Crippen molar-refractivity contribution < 1.29 is 70.6 Å². The van der Waals surface area contributed by atoms with Crippen LogP contribution >= 0.6 is 23.5 Å². The van der Waals surface area contributed by atoms with Gasteiger partial charge in [-0.3, -0.25) is 23.9 Å². The fourth-order valence-electron chi connectivity index (χ4n) is 11.8. The van der Waals surface area contributed by atoms with Crippen molar-refractivity contribution in [3.63, 3.8) is 0 Å². The number of nitrogens with two attached hydrogens (primary N) is 1.